The smallest absolute Gasteiger partial charge is 0.0782 e. The highest BCUT2D eigenvalue weighted by atomic mass is 79.9. The summed E-state index contributed by atoms with van der Waals surface area (Å²) in [5.74, 6) is 0. The second kappa shape index (κ2) is 18.3. The molecule has 0 aromatic heterocycles. The summed E-state index contributed by atoms with van der Waals surface area (Å²) in [5, 5.41) is 0. The average Bonchev–Trinajstić information content (AvgIpc) is 2.48. The first kappa shape index (κ1) is 30.6. The first-order valence-corrected chi connectivity index (χ1v) is 10.5. The van der Waals surface area contributed by atoms with Crippen LogP contribution in [0.2, 0.25) is 0 Å². The summed E-state index contributed by atoms with van der Waals surface area (Å²) in [7, 11) is 9.67. The Bertz CT molecular complexity index is 243. The summed E-state index contributed by atoms with van der Waals surface area (Å²) in [5.41, 5.74) is 0. The molecule has 2 nitrogen and oxygen atoms in total. The van der Waals surface area contributed by atoms with E-state index in [1.54, 1.807) is 0 Å². The Morgan fingerprint density at radius 2 is 0.640 bits per heavy atom. The van der Waals surface area contributed by atoms with Crippen molar-refractivity contribution in [2.45, 2.75) is 84.5 Å². The van der Waals surface area contributed by atoms with Crippen molar-refractivity contribution in [2.75, 3.05) is 54.4 Å². The van der Waals surface area contributed by atoms with E-state index in [-0.39, 0.29) is 34.0 Å². The predicted octanol–water partition coefficient (Wildman–Crippen LogP) is -0.522. The molecule has 0 saturated heterocycles. The molecule has 0 aromatic carbocycles. The average molecular weight is 488 g/mol. The molecule has 0 N–H and O–H groups in total. The third-order valence-corrected chi connectivity index (χ3v) is 5.26. The summed E-state index contributed by atoms with van der Waals surface area (Å²) in [6, 6.07) is 0. The zero-order valence-electron chi connectivity index (χ0n) is 18.3. The van der Waals surface area contributed by atoms with Crippen molar-refractivity contribution in [1.29, 1.82) is 0 Å². The fourth-order valence-electron chi connectivity index (χ4n) is 3.41. The van der Waals surface area contributed by atoms with Gasteiger partial charge < -0.3 is 42.9 Å². The lowest BCUT2D eigenvalue weighted by atomic mass is 10.1. The van der Waals surface area contributed by atoms with E-state index in [4.69, 9.17) is 0 Å². The van der Waals surface area contributed by atoms with E-state index in [0.29, 0.717) is 0 Å². The van der Waals surface area contributed by atoms with Gasteiger partial charge in [-0.2, -0.15) is 0 Å². The zero-order valence-corrected chi connectivity index (χ0v) is 21.4. The Balaban J connectivity index is -0.00000242. The van der Waals surface area contributed by atoms with Crippen molar-refractivity contribution < 1.29 is 42.9 Å². The van der Waals surface area contributed by atoms with Gasteiger partial charge in [0.05, 0.1) is 54.4 Å². The van der Waals surface area contributed by atoms with Crippen LogP contribution in [0.25, 0.3) is 0 Å². The van der Waals surface area contributed by atoms with E-state index < -0.39 is 0 Å². The SMILES string of the molecule is CCCCCC[N+](C)(C)CCCCC[N+](C)(C)CCCCCC.[Br-].[Br-]. The molecule has 0 aliphatic rings. The van der Waals surface area contributed by atoms with Gasteiger partial charge in [0.25, 0.3) is 0 Å². The number of halogens is 2. The maximum absolute atomic E-state index is 2.42. The Kier molecular flexibility index (Phi) is 22.3. The number of hydrogen-bond acceptors (Lipinski definition) is 0. The highest BCUT2D eigenvalue weighted by Gasteiger charge is 2.16. The van der Waals surface area contributed by atoms with Crippen LogP contribution in [0.3, 0.4) is 0 Å². The Hall–Kier alpha value is 0.880. The molecule has 0 aromatic rings. The van der Waals surface area contributed by atoms with Gasteiger partial charge >= 0.3 is 0 Å². The van der Waals surface area contributed by atoms with E-state index in [1.807, 2.05) is 0 Å². The zero-order chi connectivity index (χ0) is 17.6. The molecule has 0 rings (SSSR count). The highest BCUT2D eigenvalue weighted by molar-refractivity contribution is 4.46. The van der Waals surface area contributed by atoms with Gasteiger partial charge in [-0.05, 0) is 44.9 Å². The van der Waals surface area contributed by atoms with Gasteiger partial charge in [-0.15, -0.1) is 0 Å². The van der Waals surface area contributed by atoms with Crippen LogP contribution in [0, 0.1) is 0 Å². The standard InChI is InChI=1S/C21H48N2.2BrH/c1-7-9-11-14-18-22(3,4)20-16-13-17-21-23(5,6)19-15-12-10-8-2;;/h7-21H2,1-6H3;2*1H/q+2;;/p-2. The van der Waals surface area contributed by atoms with Gasteiger partial charge in [0.15, 0.2) is 0 Å². The number of unbranched alkanes of at least 4 members (excludes halogenated alkanes) is 8. The molecule has 0 radical (unpaired) electrons. The fraction of sp³-hybridized carbons (Fsp3) is 1.00. The van der Waals surface area contributed by atoms with Gasteiger partial charge in [0.2, 0.25) is 0 Å². The third kappa shape index (κ3) is 21.0. The van der Waals surface area contributed by atoms with Gasteiger partial charge in [-0.1, -0.05) is 39.5 Å². The van der Waals surface area contributed by atoms with Crippen molar-refractivity contribution in [3.63, 3.8) is 0 Å². The van der Waals surface area contributed by atoms with E-state index in [0.717, 1.165) is 0 Å². The molecule has 0 spiro atoms. The van der Waals surface area contributed by atoms with Gasteiger partial charge in [0, 0.05) is 0 Å². The Morgan fingerprint density at radius 1 is 0.400 bits per heavy atom. The van der Waals surface area contributed by atoms with Crippen LogP contribution in [0.4, 0.5) is 0 Å². The molecule has 0 fully saturated rings. The molecule has 0 saturated carbocycles. The van der Waals surface area contributed by atoms with Crippen LogP contribution in [-0.4, -0.2) is 63.3 Å². The van der Waals surface area contributed by atoms with Crippen LogP contribution < -0.4 is 34.0 Å². The molecule has 0 heterocycles. The van der Waals surface area contributed by atoms with Crippen LogP contribution >= 0.6 is 0 Å². The molecule has 0 atom stereocenters. The lowest BCUT2D eigenvalue weighted by Gasteiger charge is -2.31. The minimum Gasteiger partial charge on any atom is -1.00 e. The first-order valence-electron chi connectivity index (χ1n) is 10.5. The summed E-state index contributed by atoms with van der Waals surface area (Å²) in [6.45, 7) is 10.0. The molecule has 0 unspecified atom stereocenters. The molecule has 0 bridgehead atoms. The van der Waals surface area contributed by atoms with E-state index >= 15 is 0 Å². The van der Waals surface area contributed by atoms with Crippen molar-refractivity contribution in [1.82, 2.24) is 0 Å². The van der Waals surface area contributed by atoms with Crippen LogP contribution in [0.5, 0.6) is 0 Å². The molecule has 25 heavy (non-hydrogen) atoms. The minimum atomic E-state index is 0. The monoisotopic (exact) mass is 486 g/mol. The van der Waals surface area contributed by atoms with Crippen LogP contribution in [-0.2, 0) is 0 Å². The van der Waals surface area contributed by atoms with Crippen LogP contribution in [0.15, 0.2) is 0 Å². The Labute approximate surface area is 181 Å². The number of quaternary nitrogens is 2. The van der Waals surface area contributed by atoms with Crippen molar-refractivity contribution >= 4 is 0 Å². The molecular weight excluding hydrogens is 440 g/mol. The van der Waals surface area contributed by atoms with Crippen molar-refractivity contribution in [3.8, 4) is 0 Å². The number of nitrogens with zero attached hydrogens (tertiary/aromatic N) is 2. The van der Waals surface area contributed by atoms with Crippen molar-refractivity contribution in [2.24, 2.45) is 0 Å². The molecule has 0 aliphatic heterocycles. The van der Waals surface area contributed by atoms with E-state index in [2.05, 4.69) is 42.0 Å². The van der Waals surface area contributed by atoms with Crippen LogP contribution in [0.1, 0.15) is 84.5 Å². The topological polar surface area (TPSA) is 0 Å². The maximum Gasteiger partial charge on any atom is 0.0782 e. The van der Waals surface area contributed by atoms with Gasteiger partial charge in [0.1, 0.15) is 0 Å². The van der Waals surface area contributed by atoms with Crippen molar-refractivity contribution in [3.05, 3.63) is 0 Å². The maximum atomic E-state index is 2.42. The summed E-state index contributed by atoms with van der Waals surface area (Å²) in [4.78, 5) is 0. The second-order valence-corrected chi connectivity index (χ2v) is 8.95. The summed E-state index contributed by atoms with van der Waals surface area (Å²) >= 11 is 0. The molecule has 4 heteroatoms. The normalized spacial score (nSPS) is 11.8. The Morgan fingerprint density at radius 3 is 0.880 bits per heavy atom. The summed E-state index contributed by atoms with van der Waals surface area (Å²) in [6.07, 6.45) is 15.4. The summed E-state index contributed by atoms with van der Waals surface area (Å²) < 4.78 is 2.44. The number of rotatable bonds is 16. The third-order valence-electron chi connectivity index (χ3n) is 5.26. The molecule has 156 valence electrons. The quantitative estimate of drug-likeness (QED) is 0.203. The molecule has 0 aliphatic carbocycles. The van der Waals surface area contributed by atoms with Gasteiger partial charge in [-0.25, -0.2) is 0 Å². The fourth-order valence-corrected chi connectivity index (χ4v) is 3.41. The van der Waals surface area contributed by atoms with E-state index in [9.17, 15) is 0 Å². The minimum absolute atomic E-state index is 0. The second-order valence-electron chi connectivity index (χ2n) is 8.95. The molecule has 0 amide bonds. The van der Waals surface area contributed by atoms with E-state index in [1.165, 1.54) is 106 Å². The van der Waals surface area contributed by atoms with Gasteiger partial charge in [-0.3, -0.25) is 0 Å². The largest absolute Gasteiger partial charge is 1.00 e. The lowest BCUT2D eigenvalue weighted by molar-refractivity contribution is -0.892. The molecular formula is C21H48Br2N2. The highest BCUT2D eigenvalue weighted by Crippen LogP contribution is 2.11. The predicted molar refractivity (Wildman–Crippen MR) is 106 cm³/mol. The number of hydrogen-bond donors (Lipinski definition) is 0. The first-order chi connectivity index (χ1) is 10.8. The lowest BCUT2D eigenvalue weighted by Crippen LogP contribution is -3.00.